The molecule has 0 saturated heterocycles. The van der Waals surface area contributed by atoms with Crippen molar-refractivity contribution in [3.63, 3.8) is 0 Å². The van der Waals surface area contributed by atoms with Crippen LogP contribution in [0.5, 0.6) is 5.75 Å². The van der Waals surface area contributed by atoms with Crippen molar-refractivity contribution >= 4 is 5.91 Å². The van der Waals surface area contributed by atoms with Gasteiger partial charge in [0.1, 0.15) is 5.75 Å². The zero-order valence-corrected chi connectivity index (χ0v) is 12.5. The summed E-state index contributed by atoms with van der Waals surface area (Å²) >= 11 is 0. The van der Waals surface area contributed by atoms with Crippen LogP contribution in [0.3, 0.4) is 0 Å². The first-order valence-corrected chi connectivity index (χ1v) is 6.47. The van der Waals surface area contributed by atoms with Gasteiger partial charge in [0.05, 0.1) is 13.7 Å². The highest BCUT2D eigenvalue weighted by Crippen LogP contribution is 2.31. The Morgan fingerprint density at radius 1 is 1.37 bits per heavy atom. The van der Waals surface area contributed by atoms with E-state index in [4.69, 9.17) is 4.74 Å². The minimum absolute atomic E-state index is 0.00203. The molecule has 1 aromatic rings. The van der Waals surface area contributed by atoms with Gasteiger partial charge in [-0.25, -0.2) is 0 Å². The number of ether oxygens (including phenoxy) is 1. The fourth-order valence-electron chi connectivity index (χ4n) is 1.99. The van der Waals surface area contributed by atoms with Gasteiger partial charge < -0.3 is 15.4 Å². The fraction of sp³-hybridized carbons (Fsp3) is 0.533. The number of hydrogen-bond donors (Lipinski definition) is 2. The van der Waals surface area contributed by atoms with Crippen LogP contribution in [0.4, 0.5) is 0 Å². The molecule has 106 valence electrons. The molecular weight excluding hydrogens is 240 g/mol. The van der Waals surface area contributed by atoms with Crippen molar-refractivity contribution < 1.29 is 9.53 Å². The van der Waals surface area contributed by atoms with E-state index in [9.17, 15) is 4.79 Å². The molecule has 0 atom stereocenters. The maximum Gasteiger partial charge on any atom is 0.233 e. The summed E-state index contributed by atoms with van der Waals surface area (Å²) in [7, 11) is 3.43. The summed E-state index contributed by atoms with van der Waals surface area (Å²) in [6, 6.07) is 6.11. The van der Waals surface area contributed by atoms with E-state index in [1.54, 1.807) is 14.2 Å². The number of carbonyl (C=O) groups excluding carboxylic acids is 1. The van der Waals surface area contributed by atoms with Gasteiger partial charge in [0.15, 0.2) is 0 Å². The van der Waals surface area contributed by atoms with Crippen LogP contribution in [0, 0.1) is 6.92 Å². The van der Waals surface area contributed by atoms with Crippen LogP contribution in [-0.2, 0) is 10.2 Å². The normalized spacial score (nSPS) is 11.2. The molecule has 0 radical (unpaired) electrons. The van der Waals surface area contributed by atoms with E-state index in [0.29, 0.717) is 13.1 Å². The van der Waals surface area contributed by atoms with Crippen molar-refractivity contribution in [1.29, 1.82) is 0 Å². The fourth-order valence-corrected chi connectivity index (χ4v) is 1.99. The molecule has 0 aliphatic heterocycles. The Balaban J connectivity index is 2.86. The summed E-state index contributed by atoms with van der Waals surface area (Å²) in [5, 5.41) is 5.77. The monoisotopic (exact) mass is 264 g/mol. The van der Waals surface area contributed by atoms with E-state index in [0.717, 1.165) is 11.3 Å². The van der Waals surface area contributed by atoms with Gasteiger partial charge in [0.25, 0.3) is 0 Å². The van der Waals surface area contributed by atoms with Gasteiger partial charge in [-0.05, 0) is 20.0 Å². The molecule has 0 spiro atoms. The molecule has 0 unspecified atom stereocenters. The maximum atomic E-state index is 11.5. The summed E-state index contributed by atoms with van der Waals surface area (Å²) in [6.45, 7) is 7.17. The van der Waals surface area contributed by atoms with E-state index in [1.165, 1.54) is 5.56 Å². The van der Waals surface area contributed by atoms with Gasteiger partial charge in [0.2, 0.25) is 5.91 Å². The predicted molar refractivity (Wildman–Crippen MR) is 77.7 cm³/mol. The van der Waals surface area contributed by atoms with Gasteiger partial charge in [-0.3, -0.25) is 4.79 Å². The van der Waals surface area contributed by atoms with Crippen molar-refractivity contribution in [3.8, 4) is 5.75 Å². The van der Waals surface area contributed by atoms with Crippen LogP contribution in [0.1, 0.15) is 25.0 Å². The summed E-state index contributed by atoms with van der Waals surface area (Å²) in [4.78, 5) is 11.5. The molecule has 2 N–H and O–H groups in total. The lowest BCUT2D eigenvalue weighted by molar-refractivity contribution is -0.120. The van der Waals surface area contributed by atoms with Gasteiger partial charge in [-0.15, -0.1) is 0 Å². The topological polar surface area (TPSA) is 50.4 Å². The van der Waals surface area contributed by atoms with Gasteiger partial charge >= 0.3 is 0 Å². The molecule has 0 saturated carbocycles. The van der Waals surface area contributed by atoms with Crippen LogP contribution in [0.2, 0.25) is 0 Å². The lowest BCUT2D eigenvalue weighted by Crippen LogP contribution is -2.40. The number of aryl methyl sites for hydroxylation is 1. The Labute approximate surface area is 115 Å². The molecule has 0 aromatic heterocycles. The number of benzene rings is 1. The molecule has 0 aliphatic rings. The molecule has 1 amide bonds. The highest BCUT2D eigenvalue weighted by atomic mass is 16.5. The van der Waals surface area contributed by atoms with Crippen LogP contribution in [0.25, 0.3) is 0 Å². The van der Waals surface area contributed by atoms with Crippen molar-refractivity contribution in [2.24, 2.45) is 0 Å². The summed E-state index contributed by atoms with van der Waals surface area (Å²) < 4.78 is 5.42. The molecule has 4 nitrogen and oxygen atoms in total. The van der Waals surface area contributed by atoms with E-state index >= 15 is 0 Å². The van der Waals surface area contributed by atoms with Crippen molar-refractivity contribution in [1.82, 2.24) is 10.6 Å². The van der Waals surface area contributed by atoms with E-state index in [-0.39, 0.29) is 11.3 Å². The number of nitrogens with one attached hydrogen (secondary N) is 2. The number of rotatable bonds is 6. The second kappa shape index (κ2) is 6.57. The standard InChI is InChI=1S/C15H24N2O2/c1-11-6-7-13(19-5)12(8-11)15(2,3)10-17-14(18)9-16-4/h6-8,16H,9-10H2,1-5H3,(H,17,18). The summed E-state index contributed by atoms with van der Waals surface area (Å²) in [5.74, 6) is 0.862. The second-order valence-corrected chi connectivity index (χ2v) is 5.39. The molecule has 1 rings (SSSR count). The quantitative estimate of drug-likeness (QED) is 0.821. The number of hydrogen-bond acceptors (Lipinski definition) is 3. The van der Waals surface area contributed by atoms with E-state index in [2.05, 4.69) is 37.5 Å². The lowest BCUT2D eigenvalue weighted by Gasteiger charge is -2.28. The van der Waals surface area contributed by atoms with Crippen molar-refractivity contribution in [2.75, 3.05) is 27.2 Å². The predicted octanol–water partition coefficient (Wildman–Crippen LogP) is 1.62. The zero-order valence-electron chi connectivity index (χ0n) is 12.5. The molecule has 0 fully saturated rings. The third-order valence-electron chi connectivity index (χ3n) is 3.15. The summed E-state index contributed by atoms with van der Waals surface area (Å²) in [6.07, 6.45) is 0. The lowest BCUT2D eigenvalue weighted by atomic mass is 9.83. The van der Waals surface area contributed by atoms with Gasteiger partial charge in [-0.1, -0.05) is 31.5 Å². The number of carbonyl (C=O) groups is 1. The van der Waals surface area contributed by atoms with E-state index in [1.807, 2.05) is 12.1 Å². The zero-order chi connectivity index (χ0) is 14.5. The van der Waals surface area contributed by atoms with E-state index < -0.39 is 0 Å². The number of likely N-dealkylation sites (N-methyl/N-ethyl adjacent to an activating group) is 1. The average molecular weight is 264 g/mol. The molecular formula is C15H24N2O2. The minimum atomic E-state index is -0.180. The molecule has 4 heteroatoms. The molecule has 0 heterocycles. The number of methoxy groups -OCH3 is 1. The average Bonchev–Trinajstić information content (AvgIpc) is 2.37. The highest BCUT2D eigenvalue weighted by Gasteiger charge is 2.25. The first-order valence-electron chi connectivity index (χ1n) is 6.47. The Kier molecular flexibility index (Phi) is 5.36. The molecule has 0 aliphatic carbocycles. The largest absolute Gasteiger partial charge is 0.496 e. The Hall–Kier alpha value is -1.55. The minimum Gasteiger partial charge on any atom is -0.496 e. The van der Waals surface area contributed by atoms with Crippen LogP contribution in [-0.4, -0.2) is 33.2 Å². The third-order valence-corrected chi connectivity index (χ3v) is 3.15. The van der Waals surface area contributed by atoms with Crippen LogP contribution in [0.15, 0.2) is 18.2 Å². The Morgan fingerprint density at radius 2 is 2.05 bits per heavy atom. The maximum absolute atomic E-state index is 11.5. The number of amides is 1. The highest BCUT2D eigenvalue weighted by molar-refractivity contribution is 5.78. The molecule has 19 heavy (non-hydrogen) atoms. The van der Waals surface area contributed by atoms with Crippen molar-refractivity contribution in [2.45, 2.75) is 26.2 Å². The second-order valence-electron chi connectivity index (χ2n) is 5.39. The first-order chi connectivity index (χ1) is 8.90. The third kappa shape index (κ3) is 4.24. The van der Waals surface area contributed by atoms with Crippen LogP contribution < -0.4 is 15.4 Å². The summed E-state index contributed by atoms with van der Waals surface area (Å²) in [5.41, 5.74) is 2.12. The SMILES string of the molecule is CNCC(=O)NCC(C)(C)c1cc(C)ccc1OC. The Bertz CT molecular complexity index is 442. The molecule has 0 bridgehead atoms. The molecule has 1 aromatic carbocycles. The van der Waals surface area contributed by atoms with Gasteiger partial charge in [0, 0.05) is 17.5 Å². The first kappa shape index (κ1) is 15.5. The van der Waals surface area contributed by atoms with Crippen LogP contribution >= 0.6 is 0 Å². The Morgan fingerprint density at radius 3 is 2.63 bits per heavy atom. The van der Waals surface area contributed by atoms with Gasteiger partial charge in [-0.2, -0.15) is 0 Å². The van der Waals surface area contributed by atoms with Crippen molar-refractivity contribution in [3.05, 3.63) is 29.3 Å². The smallest absolute Gasteiger partial charge is 0.233 e.